The van der Waals surface area contributed by atoms with E-state index in [1.807, 2.05) is 55.3 Å². The SMILES string of the molecule is CCOc1ccc(N2C(=O)NC(=O)[C@]3(Cc4c(ccc5ccccc45)N(C)C3)C2=O)cc1. The number of anilines is 2. The number of hydrogen-bond acceptors (Lipinski definition) is 5. The maximum Gasteiger partial charge on any atom is 0.335 e. The van der Waals surface area contributed by atoms with E-state index in [0.29, 0.717) is 18.0 Å². The number of carbonyl (C=O) groups is 3. The first-order chi connectivity index (χ1) is 15.4. The molecule has 5 rings (SSSR count). The Morgan fingerprint density at radius 3 is 2.50 bits per heavy atom. The lowest BCUT2D eigenvalue weighted by Gasteiger charge is -2.45. The Hall–Kier alpha value is -3.87. The Morgan fingerprint density at radius 1 is 1.00 bits per heavy atom. The molecule has 0 unspecified atom stereocenters. The average Bonchev–Trinajstić information content (AvgIpc) is 2.79. The summed E-state index contributed by atoms with van der Waals surface area (Å²) in [6.45, 7) is 2.58. The van der Waals surface area contributed by atoms with Gasteiger partial charge in [0.25, 0.3) is 5.91 Å². The molecule has 32 heavy (non-hydrogen) atoms. The number of fused-ring (bicyclic) bond motifs is 3. The molecule has 2 heterocycles. The lowest BCUT2D eigenvalue weighted by molar-refractivity contribution is -0.142. The zero-order valence-corrected chi connectivity index (χ0v) is 17.9. The number of rotatable bonds is 3. The molecule has 0 aliphatic carbocycles. The van der Waals surface area contributed by atoms with Gasteiger partial charge in [-0.2, -0.15) is 0 Å². The minimum absolute atomic E-state index is 0.184. The van der Waals surface area contributed by atoms with E-state index in [0.717, 1.165) is 26.9 Å². The van der Waals surface area contributed by atoms with Gasteiger partial charge in [0.1, 0.15) is 5.75 Å². The van der Waals surface area contributed by atoms with Gasteiger partial charge >= 0.3 is 6.03 Å². The van der Waals surface area contributed by atoms with Crippen molar-refractivity contribution in [3.8, 4) is 5.75 Å². The molecular weight excluding hydrogens is 406 g/mol. The molecule has 7 nitrogen and oxygen atoms in total. The largest absolute Gasteiger partial charge is 0.494 e. The summed E-state index contributed by atoms with van der Waals surface area (Å²) in [5.74, 6) is -0.425. The zero-order chi connectivity index (χ0) is 22.5. The van der Waals surface area contributed by atoms with Gasteiger partial charge in [-0.25, -0.2) is 9.69 Å². The van der Waals surface area contributed by atoms with Gasteiger partial charge in [0.05, 0.1) is 12.3 Å². The molecule has 3 aromatic rings. The number of hydrogen-bond donors (Lipinski definition) is 1. The maximum absolute atomic E-state index is 13.8. The first-order valence-electron chi connectivity index (χ1n) is 10.6. The van der Waals surface area contributed by atoms with Crippen molar-refractivity contribution >= 4 is 40.0 Å². The quantitative estimate of drug-likeness (QED) is 0.645. The predicted octanol–water partition coefficient (Wildman–Crippen LogP) is 3.50. The highest BCUT2D eigenvalue weighted by atomic mass is 16.5. The van der Waals surface area contributed by atoms with Gasteiger partial charge in [-0.3, -0.25) is 14.9 Å². The molecule has 1 fully saturated rings. The monoisotopic (exact) mass is 429 g/mol. The maximum atomic E-state index is 13.8. The minimum Gasteiger partial charge on any atom is -0.494 e. The second-order valence-electron chi connectivity index (χ2n) is 8.23. The van der Waals surface area contributed by atoms with Gasteiger partial charge < -0.3 is 9.64 Å². The van der Waals surface area contributed by atoms with E-state index >= 15 is 0 Å². The third-order valence-electron chi connectivity index (χ3n) is 6.29. The van der Waals surface area contributed by atoms with Crippen LogP contribution in [0.15, 0.2) is 60.7 Å². The van der Waals surface area contributed by atoms with Crippen molar-refractivity contribution in [3.05, 3.63) is 66.2 Å². The second kappa shape index (κ2) is 7.37. The third kappa shape index (κ3) is 2.92. The lowest BCUT2D eigenvalue weighted by atomic mass is 9.73. The van der Waals surface area contributed by atoms with Crippen molar-refractivity contribution in [2.45, 2.75) is 13.3 Å². The number of ether oxygens (including phenoxy) is 1. The number of urea groups is 1. The van der Waals surface area contributed by atoms with Crippen LogP contribution in [0.2, 0.25) is 0 Å². The van der Waals surface area contributed by atoms with Crippen LogP contribution in [-0.2, 0) is 16.0 Å². The third-order valence-corrected chi connectivity index (χ3v) is 6.29. The Bertz CT molecular complexity index is 1250. The van der Waals surface area contributed by atoms with Crippen molar-refractivity contribution in [1.82, 2.24) is 5.32 Å². The van der Waals surface area contributed by atoms with E-state index in [-0.39, 0.29) is 13.0 Å². The fourth-order valence-corrected chi connectivity index (χ4v) is 4.78. The second-order valence-corrected chi connectivity index (χ2v) is 8.23. The fraction of sp³-hybridized carbons (Fsp3) is 0.240. The van der Waals surface area contributed by atoms with Crippen LogP contribution >= 0.6 is 0 Å². The van der Waals surface area contributed by atoms with Gasteiger partial charge in [0, 0.05) is 25.7 Å². The molecule has 0 radical (unpaired) electrons. The highest BCUT2D eigenvalue weighted by Gasteiger charge is 2.57. The van der Waals surface area contributed by atoms with Gasteiger partial charge in [-0.05, 0) is 53.6 Å². The normalized spacial score (nSPS) is 20.5. The lowest BCUT2D eigenvalue weighted by Crippen LogP contribution is -2.68. The summed E-state index contributed by atoms with van der Waals surface area (Å²) in [4.78, 5) is 42.7. The van der Waals surface area contributed by atoms with E-state index in [9.17, 15) is 14.4 Å². The van der Waals surface area contributed by atoms with Crippen molar-refractivity contribution in [3.63, 3.8) is 0 Å². The molecular formula is C25H23N3O4. The first-order valence-corrected chi connectivity index (χ1v) is 10.6. The van der Waals surface area contributed by atoms with Crippen LogP contribution in [-0.4, -0.2) is 38.0 Å². The molecule has 1 spiro atoms. The van der Waals surface area contributed by atoms with Crippen molar-refractivity contribution in [2.75, 3.05) is 30.0 Å². The molecule has 2 aliphatic rings. The van der Waals surface area contributed by atoms with Gasteiger partial charge in [-0.15, -0.1) is 0 Å². The van der Waals surface area contributed by atoms with E-state index in [4.69, 9.17) is 4.74 Å². The van der Waals surface area contributed by atoms with Crippen LogP contribution in [0.1, 0.15) is 12.5 Å². The molecule has 0 aromatic heterocycles. The van der Waals surface area contributed by atoms with Crippen LogP contribution in [0.25, 0.3) is 10.8 Å². The number of nitrogens with zero attached hydrogens (tertiary/aromatic N) is 2. The number of nitrogens with one attached hydrogen (secondary N) is 1. The number of barbiturate groups is 1. The van der Waals surface area contributed by atoms with E-state index in [1.165, 1.54) is 0 Å². The molecule has 7 heteroatoms. The first kappa shape index (κ1) is 20.1. The smallest absolute Gasteiger partial charge is 0.335 e. The van der Waals surface area contributed by atoms with E-state index < -0.39 is 23.3 Å². The molecule has 1 N–H and O–H groups in total. The zero-order valence-electron chi connectivity index (χ0n) is 17.9. The molecule has 162 valence electrons. The van der Waals surface area contributed by atoms with Crippen molar-refractivity contribution < 1.29 is 19.1 Å². The summed E-state index contributed by atoms with van der Waals surface area (Å²) in [6, 6.07) is 18.0. The van der Waals surface area contributed by atoms with Crippen molar-refractivity contribution in [1.29, 1.82) is 0 Å². The van der Waals surface area contributed by atoms with Crippen LogP contribution in [0.3, 0.4) is 0 Å². The standard InChI is InChI=1S/C25H23N3O4/c1-3-32-18-11-9-17(10-12-18)28-23(30)25(22(29)26-24(28)31)14-20-19-7-5-4-6-16(19)8-13-21(20)27(2)15-25/h4-13H,3,14-15H2,1-2H3,(H,26,29,31)/t25-/m1/s1. The van der Waals surface area contributed by atoms with Crippen LogP contribution < -0.4 is 19.9 Å². The fourth-order valence-electron chi connectivity index (χ4n) is 4.78. The number of benzene rings is 3. The van der Waals surface area contributed by atoms with Crippen molar-refractivity contribution in [2.24, 2.45) is 5.41 Å². The topological polar surface area (TPSA) is 79.0 Å². The predicted molar refractivity (Wildman–Crippen MR) is 122 cm³/mol. The Kier molecular flexibility index (Phi) is 4.62. The molecule has 0 bridgehead atoms. The molecule has 0 saturated carbocycles. The number of amides is 4. The average molecular weight is 429 g/mol. The Balaban J connectivity index is 1.59. The Labute approximate surface area is 185 Å². The summed E-state index contributed by atoms with van der Waals surface area (Å²) in [7, 11) is 1.87. The summed E-state index contributed by atoms with van der Waals surface area (Å²) < 4.78 is 5.46. The molecule has 2 aliphatic heterocycles. The summed E-state index contributed by atoms with van der Waals surface area (Å²) in [6.07, 6.45) is 0.222. The van der Waals surface area contributed by atoms with Crippen LogP contribution in [0.5, 0.6) is 5.75 Å². The van der Waals surface area contributed by atoms with Gasteiger partial charge in [0.15, 0.2) is 5.41 Å². The molecule has 1 atom stereocenters. The summed E-state index contributed by atoms with van der Waals surface area (Å²) in [5.41, 5.74) is 0.910. The highest BCUT2D eigenvalue weighted by molar-refractivity contribution is 6.30. The Morgan fingerprint density at radius 2 is 1.75 bits per heavy atom. The van der Waals surface area contributed by atoms with Crippen LogP contribution in [0, 0.1) is 5.41 Å². The molecule has 4 amide bonds. The van der Waals surface area contributed by atoms with Crippen LogP contribution in [0.4, 0.5) is 16.2 Å². The van der Waals surface area contributed by atoms with E-state index in [2.05, 4.69) is 5.32 Å². The van der Waals surface area contributed by atoms with E-state index in [1.54, 1.807) is 24.3 Å². The molecule has 1 saturated heterocycles. The number of imide groups is 2. The van der Waals surface area contributed by atoms with Gasteiger partial charge in [0.2, 0.25) is 5.91 Å². The van der Waals surface area contributed by atoms with Gasteiger partial charge in [-0.1, -0.05) is 30.3 Å². The summed E-state index contributed by atoms with van der Waals surface area (Å²) in [5, 5.41) is 4.47. The minimum atomic E-state index is -1.40. The summed E-state index contributed by atoms with van der Waals surface area (Å²) >= 11 is 0. The number of carbonyl (C=O) groups excluding carboxylic acids is 3. The molecule has 3 aromatic carbocycles. The highest BCUT2D eigenvalue weighted by Crippen LogP contribution is 2.43.